The minimum Gasteiger partial charge on any atom is -0.343 e. The van der Waals surface area contributed by atoms with Crippen molar-refractivity contribution in [2.24, 2.45) is 0 Å². The van der Waals surface area contributed by atoms with Gasteiger partial charge in [-0.15, -0.1) is 0 Å². The predicted molar refractivity (Wildman–Crippen MR) is 106 cm³/mol. The molecule has 2 aromatic rings. The lowest BCUT2D eigenvalue weighted by Crippen LogP contribution is -2.41. The Morgan fingerprint density at radius 2 is 1.59 bits per heavy atom. The van der Waals surface area contributed by atoms with Crippen molar-refractivity contribution < 1.29 is 14.4 Å². The number of amides is 3. The number of carbonyl (C=O) groups excluding carboxylic acids is 3. The van der Waals surface area contributed by atoms with Gasteiger partial charge in [0.15, 0.2) is 0 Å². The summed E-state index contributed by atoms with van der Waals surface area (Å²) in [5.41, 5.74) is 3.06. The van der Waals surface area contributed by atoms with Crippen LogP contribution in [0.1, 0.15) is 21.5 Å². The van der Waals surface area contributed by atoms with Crippen molar-refractivity contribution in [3.8, 4) is 0 Å². The van der Waals surface area contributed by atoms with Crippen LogP contribution in [0.4, 0.5) is 5.69 Å². The summed E-state index contributed by atoms with van der Waals surface area (Å²) in [4.78, 5) is 37.7. The van der Waals surface area contributed by atoms with Crippen LogP contribution in [0.3, 0.4) is 0 Å². The van der Waals surface area contributed by atoms with Crippen molar-refractivity contribution >= 4 is 35.0 Å². The molecule has 0 aliphatic rings. The molecule has 0 spiro atoms. The van der Waals surface area contributed by atoms with Crippen molar-refractivity contribution in [1.82, 2.24) is 10.2 Å². The number of aryl methyl sites for hydroxylation is 2. The molecule has 0 radical (unpaired) electrons. The molecule has 0 atom stereocenters. The molecule has 0 unspecified atom stereocenters. The highest BCUT2D eigenvalue weighted by Crippen LogP contribution is 2.19. The van der Waals surface area contributed by atoms with Crippen LogP contribution in [0, 0.1) is 13.8 Å². The van der Waals surface area contributed by atoms with Gasteiger partial charge in [-0.2, -0.15) is 0 Å². The van der Waals surface area contributed by atoms with Gasteiger partial charge in [0.1, 0.15) is 0 Å². The number of para-hydroxylation sites is 1. The van der Waals surface area contributed by atoms with Crippen LogP contribution >= 0.6 is 11.6 Å². The number of carbonyl (C=O) groups is 3. The zero-order chi connectivity index (χ0) is 20.0. The minimum absolute atomic E-state index is 0.108. The fourth-order valence-corrected chi connectivity index (χ4v) is 2.61. The van der Waals surface area contributed by atoms with Crippen molar-refractivity contribution in [2.75, 3.05) is 25.5 Å². The van der Waals surface area contributed by atoms with Crippen molar-refractivity contribution in [3.63, 3.8) is 0 Å². The zero-order valence-electron chi connectivity index (χ0n) is 15.5. The summed E-state index contributed by atoms with van der Waals surface area (Å²) < 4.78 is 0. The molecule has 27 heavy (non-hydrogen) atoms. The van der Waals surface area contributed by atoms with Crippen LogP contribution < -0.4 is 10.6 Å². The molecule has 0 aliphatic heterocycles. The van der Waals surface area contributed by atoms with Crippen LogP contribution in [0.15, 0.2) is 42.5 Å². The Balaban J connectivity index is 1.85. The Labute approximate surface area is 163 Å². The van der Waals surface area contributed by atoms with Crippen molar-refractivity contribution in [1.29, 1.82) is 0 Å². The fraction of sp³-hybridized carbons (Fsp3) is 0.250. The molecule has 142 valence electrons. The lowest BCUT2D eigenvalue weighted by molar-refractivity contribution is -0.132. The van der Waals surface area contributed by atoms with Gasteiger partial charge in [0, 0.05) is 23.3 Å². The second-order valence-electron chi connectivity index (χ2n) is 6.25. The maximum absolute atomic E-state index is 12.2. The number of hydrogen-bond acceptors (Lipinski definition) is 3. The Morgan fingerprint density at radius 1 is 1.00 bits per heavy atom. The SMILES string of the molecule is Cc1cccc(C)c1NC(=O)CN(C)C(=O)CNC(=O)c1ccc(Cl)cc1. The molecule has 0 bridgehead atoms. The molecular weight excluding hydrogens is 366 g/mol. The van der Waals surface area contributed by atoms with E-state index in [-0.39, 0.29) is 30.8 Å². The topological polar surface area (TPSA) is 78.5 Å². The Bertz CT molecular complexity index is 830. The normalized spacial score (nSPS) is 10.2. The molecule has 0 aromatic heterocycles. The largest absolute Gasteiger partial charge is 0.343 e. The monoisotopic (exact) mass is 387 g/mol. The first-order chi connectivity index (χ1) is 12.8. The summed E-state index contributed by atoms with van der Waals surface area (Å²) in [5, 5.41) is 5.89. The average molecular weight is 388 g/mol. The number of anilines is 1. The third kappa shape index (κ3) is 5.82. The second kappa shape index (κ2) is 9.19. The summed E-state index contributed by atoms with van der Waals surface area (Å²) in [6, 6.07) is 12.1. The number of rotatable bonds is 6. The van der Waals surface area contributed by atoms with E-state index in [0.29, 0.717) is 10.6 Å². The standard InChI is InChI=1S/C20H22ClN3O3/c1-13-5-4-6-14(2)19(13)23-17(25)12-24(3)18(26)11-22-20(27)15-7-9-16(21)10-8-15/h4-10H,11-12H2,1-3H3,(H,22,27)(H,23,25). The van der Waals surface area contributed by atoms with E-state index in [1.54, 1.807) is 24.3 Å². The van der Waals surface area contributed by atoms with Gasteiger partial charge in [0.05, 0.1) is 13.1 Å². The lowest BCUT2D eigenvalue weighted by atomic mass is 10.1. The smallest absolute Gasteiger partial charge is 0.251 e. The van der Waals surface area contributed by atoms with Gasteiger partial charge < -0.3 is 15.5 Å². The molecule has 6 nitrogen and oxygen atoms in total. The molecule has 0 saturated heterocycles. The van der Waals surface area contributed by atoms with E-state index in [9.17, 15) is 14.4 Å². The minimum atomic E-state index is -0.381. The van der Waals surface area contributed by atoms with Gasteiger partial charge in [0.25, 0.3) is 5.91 Å². The van der Waals surface area contributed by atoms with Crippen LogP contribution in [-0.4, -0.2) is 42.8 Å². The Morgan fingerprint density at radius 3 is 2.19 bits per heavy atom. The third-order valence-corrected chi connectivity index (χ3v) is 4.31. The van der Waals surface area contributed by atoms with Crippen LogP contribution in [0.25, 0.3) is 0 Å². The molecule has 2 rings (SSSR count). The summed E-state index contributed by atoms with van der Waals surface area (Å²) in [6.45, 7) is 3.51. The van der Waals surface area contributed by atoms with E-state index in [2.05, 4.69) is 10.6 Å². The molecule has 3 amide bonds. The molecular formula is C20H22ClN3O3. The molecule has 2 aromatic carbocycles. The van der Waals surface area contributed by atoms with E-state index in [1.165, 1.54) is 11.9 Å². The van der Waals surface area contributed by atoms with Gasteiger partial charge >= 0.3 is 0 Å². The quantitative estimate of drug-likeness (QED) is 0.800. The maximum Gasteiger partial charge on any atom is 0.251 e. The van der Waals surface area contributed by atoms with E-state index in [4.69, 9.17) is 11.6 Å². The number of nitrogens with one attached hydrogen (secondary N) is 2. The highest BCUT2D eigenvalue weighted by atomic mass is 35.5. The van der Waals surface area contributed by atoms with Crippen LogP contribution in [-0.2, 0) is 9.59 Å². The first-order valence-corrected chi connectivity index (χ1v) is 8.79. The number of benzene rings is 2. The van der Waals surface area contributed by atoms with Crippen LogP contribution in [0.2, 0.25) is 5.02 Å². The molecule has 7 heteroatoms. The number of hydrogen-bond donors (Lipinski definition) is 2. The lowest BCUT2D eigenvalue weighted by Gasteiger charge is -2.18. The van der Waals surface area contributed by atoms with Gasteiger partial charge in [-0.3, -0.25) is 14.4 Å². The highest BCUT2D eigenvalue weighted by Gasteiger charge is 2.15. The zero-order valence-corrected chi connectivity index (χ0v) is 16.3. The Kier molecular flexibility index (Phi) is 6.96. The highest BCUT2D eigenvalue weighted by molar-refractivity contribution is 6.30. The van der Waals surface area contributed by atoms with Crippen LogP contribution in [0.5, 0.6) is 0 Å². The van der Waals surface area contributed by atoms with Gasteiger partial charge in [-0.25, -0.2) is 0 Å². The summed E-state index contributed by atoms with van der Waals surface area (Å²) in [7, 11) is 1.51. The van der Waals surface area contributed by atoms with E-state index in [0.717, 1.165) is 16.8 Å². The van der Waals surface area contributed by atoms with E-state index >= 15 is 0 Å². The second-order valence-corrected chi connectivity index (χ2v) is 6.69. The fourth-order valence-electron chi connectivity index (χ4n) is 2.49. The maximum atomic E-state index is 12.2. The van der Waals surface area contributed by atoms with Gasteiger partial charge in [-0.1, -0.05) is 29.8 Å². The number of likely N-dealkylation sites (N-methyl/N-ethyl adjacent to an activating group) is 1. The first kappa shape index (κ1) is 20.5. The average Bonchev–Trinajstić information content (AvgIpc) is 2.63. The predicted octanol–water partition coefficient (Wildman–Crippen LogP) is 2.78. The third-order valence-electron chi connectivity index (χ3n) is 4.06. The number of halogens is 1. The van der Waals surface area contributed by atoms with E-state index < -0.39 is 0 Å². The van der Waals surface area contributed by atoms with Gasteiger partial charge in [-0.05, 0) is 49.2 Å². The number of nitrogens with zero attached hydrogens (tertiary/aromatic N) is 1. The molecule has 2 N–H and O–H groups in total. The molecule has 0 saturated carbocycles. The first-order valence-electron chi connectivity index (χ1n) is 8.41. The van der Waals surface area contributed by atoms with E-state index in [1.807, 2.05) is 32.0 Å². The van der Waals surface area contributed by atoms with Crippen molar-refractivity contribution in [3.05, 3.63) is 64.2 Å². The molecule has 0 aliphatic carbocycles. The molecule has 0 fully saturated rings. The Hall–Kier alpha value is -2.86. The molecule has 0 heterocycles. The summed E-state index contributed by atoms with van der Waals surface area (Å²) in [5.74, 6) is -1.05. The summed E-state index contributed by atoms with van der Waals surface area (Å²) >= 11 is 5.78. The van der Waals surface area contributed by atoms with Crippen molar-refractivity contribution in [2.45, 2.75) is 13.8 Å². The van der Waals surface area contributed by atoms with Gasteiger partial charge in [0.2, 0.25) is 11.8 Å². The summed E-state index contributed by atoms with van der Waals surface area (Å²) in [6.07, 6.45) is 0.